The van der Waals surface area contributed by atoms with Crippen molar-refractivity contribution < 1.29 is 4.79 Å². The number of hydrogen-bond acceptors (Lipinski definition) is 2. The second-order valence-electron chi connectivity index (χ2n) is 4.26. The van der Waals surface area contributed by atoms with Gasteiger partial charge in [0.2, 0.25) is 0 Å². The van der Waals surface area contributed by atoms with Crippen molar-refractivity contribution in [3.63, 3.8) is 0 Å². The van der Waals surface area contributed by atoms with Gasteiger partial charge in [-0.1, -0.05) is 47.0 Å². The number of ketones is 1. The molecule has 0 aliphatic heterocycles. The molecule has 0 aliphatic carbocycles. The molecular formula is C14H20BrNO. The Labute approximate surface area is 112 Å². The van der Waals surface area contributed by atoms with Crippen LogP contribution in [0.2, 0.25) is 0 Å². The van der Waals surface area contributed by atoms with Crippen LogP contribution in [-0.4, -0.2) is 12.3 Å². The maximum Gasteiger partial charge on any atom is 0.137 e. The first-order valence-electron chi connectivity index (χ1n) is 6.19. The van der Waals surface area contributed by atoms with Gasteiger partial charge in [-0.2, -0.15) is 0 Å². The summed E-state index contributed by atoms with van der Waals surface area (Å²) in [5.74, 6) is 0.324. The van der Waals surface area contributed by atoms with E-state index in [1.807, 2.05) is 24.3 Å². The van der Waals surface area contributed by atoms with E-state index in [0.717, 1.165) is 42.3 Å². The first-order chi connectivity index (χ1) is 8.24. The van der Waals surface area contributed by atoms with Gasteiger partial charge in [0.15, 0.2) is 0 Å². The summed E-state index contributed by atoms with van der Waals surface area (Å²) in [7, 11) is 0. The average Bonchev–Trinajstić information content (AvgIpc) is 2.32. The van der Waals surface area contributed by atoms with Gasteiger partial charge in [-0.3, -0.25) is 4.79 Å². The number of unbranched alkanes of at least 4 members (excludes halogenated alkanes) is 3. The summed E-state index contributed by atoms with van der Waals surface area (Å²) in [6, 6.07) is 7.90. The molecule has 3 heteroatoms. The molecule has 0 spiro atoms. The first-order valence-corrected chi connectivity index (χ1v) is 6.98. The van der Waals surface area contributed by atoms with Gasteiger partial charge in [0.25, 0.3) is 0 Å². The summed E-state index contributed by atoms with van der Waals surface area (Å²) in [6.07, 6.45) is 5.53. The largest absolute Gasteiger partial charge is 0.330 e. The van der Waals surface area contributed by atoms with E-state index < -0.39 is 0 Å². The van der Waals surface area contributed by atoms with Crippen LogP contribution in [0.4, 0.5) is 0 Å². The quantitative estimate of drug-likeness (QED) is 0.747. The predicted molar refractivity (Wildman–Crippen MR) is 75.0 cm³/mol. The van der Waals surface area contributed by atoms with E-state index in [2.05, 4.69) is 15.9 Å². The fraction of sp³-hybridized carbons (Fsp3) is 0.500. The topological polar surface area (TPSA) is 43.1 Å². The molecule has 0 heterocycles. The maximum atomic E-state index is 11.8. The van der Waals surface area contributed by atoms with E-state index in [-0.39, 0.29) is 0 Å². The minimum atomic E-state index is 0.324. The molecule has 0 unspecified atom stereocenters. The zero-order chi connectivity index (χ0) is 12.5. The molecule has 0 saturated heterocycles. The lowest BCUT2D eigenvalue weighted by Gasteiger charge is -2.03. The van der Waals surface area contributed by atoms with E-state index >= 15 is 0 Å². The van der Waals surface area contributed by atoms with E-state index in [9.17, 15) is 4.79 Å². The molecule has 94 valence electrons. The lowest BCUT2D eigenvalue weighted by molar-refractivity contribution is -0.118. The van der Waals surface area contributed by atoms with Crippen LogP contribution in [0.3, 0.4) is 0 Å². The van der Waals surface area contributed by atoms with Crippen molar-refractivity contribution in [1.29, 1.82) is 0 Å². The second-order valence-corrected chi connectivity index (χ2v) is 5.11. The third-order valence-electron chi connectivity index (χ3n) is 2.76. The Hall–Kier alpha value is -0.670. The zero-order valence-corrected chi connectivity index (χ0v) is 11.7. The number of carbonyl (C=O) groups is 1. The molecule has 2 nitrogen and oxygen atoms in total. The van der Waals surface area contributed by atoms with Gasteiger partial charge in [-0.05, 0) is 31.0 Å². The van der Waals surface area contributed by atoms with Gasteiger partial charge < -0.3 is 5.73 Å². The van der Waals surface area contributed by atoms with Crippen molar-refractivity contribution in [2.75, 3.05) is 6.54 Å². The van der Waals surface area contributed by atoms with E-state index in [1.165, 1.54) is 0 Å². The Morgan fingerprint density at radius 2 is 1.82 bits per heavy atom. The molecule has 0 fully saturated rings. The van der Waals surface area contributed by atoms with Gasteiger partial charge in [0.1, 0.15) is 5.78 Å². The fourth-order valence-electron chi connectivity index (χ4n) is 1.76. The van der Waals surface area contributed by atoms with Gasteiger partial charge in [0, 0.05) is 17.3 Å². The predicted octanol–water partition coefficient (Wildman–Crippen LogP) is 3.47. The summed E-state index contributed by atoms with van der Waals surface area (Å²) < 4.78 is 1.02. The number of halogens is 1. The molecule has 1 aromatic rings. The van der Waals surface area contributed by atoms with Crippen molar-refractivity contribution >= 4 is 21.7 Å². The van der Waals surface area contributed by atoms with E-state index in [4.69, 9.17) is 5.73 Å². The van der Waals surface area contributed by atoms with Crippen molar-refractivity contribution in [2.24, 2.45) is 5.73 Å². The van der Waals surface area contributed by atoms with Crippen LogP contribution in [0.5, 0.6) is 0 Å². The van der Waals surface area contributed by atoms with Crippen LogP contribution >= 0.6 is 15.9 Å². The van der Waals surface area contributed by atoms with Crippen molar-refractivity contribution in [3.05, 3.63) is 34.3 Å². The Morgan fingerprint density at radius 1 is 1.12 bits per heavy atom. The molecule has 17 heavy (non-hydrogen) atoms. The average molecular weight is 298 g/mol. The Balaban J connectivity index is 2.23. The number of hydrogen-bond donors (Lipinski definition) is 1. The van der Waals surface area contributed by atoms with E-state index in [1.54, 1.807) is 0 Å². The standard InChI is InChI=1S/C14H20BrNO/c15-14-9-5-4-7-12(14)11-13(17)8-3-1-2-6-10-16/h4-5,7,9H,1-3,6,8,10-11,16H2. The number of rotatable bonds is 8. The monoisotopic (exact) mass is 297 g/mol. The lowest BCUT2D eigenvalue weighted by atomic mass is 10.0. The smallest absolute Gasteiger partial charge is 0.137 e. The molecule has 0 aromatic heterocycles. The molecule has 0 aliphatic rings. The first kappa shape index (κ1) is 14.4. The highest BCUT2D eigenvalue weighted by molar-refractivity contribution is 9.10. The Bertz CT molecular complexity index is 352. The fourth-order valence-corrected chi connectivity index (χ4v) is 2.19. The molecule has 2 N–H and O–H groups in total. The summed E-state index contributed by atoms with van der Waals surface area (Å²) in [4.78, 5) is 11.8. The normalized spacial score (nSPS) is 10.5. The van der Waals surface area contributed by atoms with Crippen molar-refractivity contribution in [2.45, 2.75) is 38.5 Å². The van der Waals surface area contributed by atoms with Crippen LogP contribution in [0.25, 0.3) is 0 Å². The SMILES string of the molecule is NCCCCCCC(=O)Cc1ccccc1Br. The van der Waals surface area contributed by atoms with Crippen LogP contribution in [0.15, 0.2) is 28.7 Å². The molecular weight excluding hydrogens is 278 g/mol. The summed E-state index contributed by atoms with van der Waals surface area (Å²) in [6.45, 7) is 0.755. The van der Waals surface area contributed by atoms with Gasteiger partial charge >= 0.3 is 0 Å². The number of nitrogens with two attached hydrogens (primary N) is 1. The third-order valence-corrected chi connectivity index (χ3v) is 3.53. The minimum absolute atomic E-state index is 0.324. The van der Waals surface area contributed by atoms with Crippen LogP contribution in [0.1, 0.15) is 37.7 Å². The Kier molecular flexibility index (Phi) is 7.13. The van der Waals surface area contributed by atoms with Crippen LogP contribution < -0.4 is 5.73 Å². The zero-order valence-electron chi connectivity index (χ0n) is 10.1. The van der Waals surface area contributed by atoms with Gasteiger partial charge in [-0.15, -0.1) is 0 Å². The third kappa shape index (κ3) is 5.99. The molecule has 0 bridgehead atoms. The second kappa shape index (κ2) is 8.43. The highest BCUT2D eigenvalue weighted by atomic mass is 79.9. The highest BCUT2D eigenvalue weighted by Crippen LogP contribution is 2.17. The molecule has 1 rings (SSSR count). The Morgan fingerprint density at radius 3 is 2.53 bits per heavy atom. The summed E-state index contributed by atoms with van der Waals surface area (Å²) in [5.41, 5.74) is 6.50. The van der Waals surface area contributed by atoms with Gasteiger partial charge in [0.05, 0.1) is 0 Å². The minimum Gasteiger partial charge on any atom is -0.330 e. The molecule has 0 saturated carbocycles. The number of benzene rings is 1. The van der Waals surface area contributed by atoms with Gasteiger partial charge in [-0.25, -0.2) is 0 Å². The summed E-state index contributed by atoms with van der Waals surface area (Å²) in [5, 5.41) is 0. The number of Topliss-reactive ketones (excluding diaryl/α,β-unsaturated/α-hetero) is 1. The van der Waals surface area contributed by atoms with Crippen LogP contribution in [0, 0.1) is 0 Å². The number of carbonyl (C=O) groups excluding carboxylic acids is 1. The molecule has 0 atom stereocenters. The molecule has 0 radical (unpaired) electrons. The van der Waals surface area contributed by atoms with Crippen molar-refractivity contribution in [3.8, 4) is 0 Å². The lowest BCUT2D eigenvalue weighted by Crippen LogP contribution is -2.03. The summed E-state index contributed by atoms with van der Waals surface area (Å²) >= 11 is 3.46. The van der Waals surface area contributed by atoms with Crippen LogP contribution in [-0.2, 0) is 11.2 Å². The molecule has 0 amide bonds. The molecule has 1 aromatic carbocycles. The van der Waals surface area contributed by atoms with E-state index in [0.29, 0.717) is 18.6 Å². The highest BCUT2D eigenvalue weighted by Gasteiger charge is 2.05. The maximum absolute atomic E-state index is 11.8. The van der Waals surface area contributed by atoms with Crippen molar-refractivity contribution in [1.82, 2.24) is 0 Å².